The van der Waals surface area contributed by atoms with E-state index in [4.69, 9.17) is 25.8 Å². The molecule has 4 nitrogen and oxygen atoms in total. The lowest BCUT2D eigenvalue weighted by molar-refractivity contribution is 0.355. The van der Waals surface area contributed by atoms with Gasteiger partial charge in [-0.1, -0.05) is 11.6 Å². The largest absolute Gasteiger partial charge is 0.496 e. The zero-order valence-corrected chi connectivity index (χ0v) is 13.8. The topological polar surface area (TPSA) is 51.5 Å². The molecule has 0 bridgehead atoms. The maximum atomic E-state index is 9.50. The van der Waals surface area contributed by atoms with Crippen molar-refractivity contribution < 1.29 is 14.2 Å². The molecule has 23 heavy (non-hydrogen) atoms. The molecular weight excluding hydrogens is 314 g/mol. The number of hydrogen-bond acceptors (Lipinski definition) is 4. The molecule has 0 unspecified atom stereocenters. The molecule has 0 saturated heterocycles. The second-order valence-corrected chi connectivity index (χ2v) is 5.06. The van der Waals surface area contributed by atoms with E-state index >= 15 is 0 Å². The molecule has 2 aromatic rings. The highest BCUT2D eigenvalue weighted by molar-refractivity contribution is 6.30. The molecule has 0 aliphatic rings. The number of allylic oxidation sites excluding steroid dienone is 1. The average molecular weight is 330 g/mol. The highest BCUT2D eigenvalue weighted by atomic mass is 35.5. The SMILES string of the molecule is COc1ccc(Cl)cc1/C=C(\C#N)c1ccc(OC)c(OC)c1. The van der Waals surface area contributed by atoms with Crippen LogP contribution in [-0.2, 0) is 0 Å². The highest BCUT2D eigenvalue weighted by Crippen LogP contribution is 2.32. The van der Waals surface area contributed by atoms with Gasteiger partial charge in [0.25, 0.3) is 0 Å². The van der Waals surface area contributed by atoms with Gasteiger partial charge in [0, 0.05) is 10.6 Å². The van der Waals surface area contributed by atoms with Gasteiger partial charge in [0.1, 0.15) is 5.75 Å². The van der Waals surface area contributed by atoms with Crippen LogP contribution in [0.15, 0.2) is 36.4 Å². The summed E-state index contributed by atoms with van der Waals surface area (Å²) in [6, 6.07) is 12.8. The van der Waals surface area contributed by atoms with Gasteiger partial charge in [0.15, 0.2) is 11.5 Å². The number of nitriles is 1. The average Bonchev–Trinajstić information content (AvgIpc) is 2.59. The van der Waals surface area contributed by atoms with E-state index in [1.807, 2.05) is 0 Å². The van der Waals surface area contributed by atoms with Gasteiger partial charge in [-0.05, 0) is 48.0 Å². The van der Waals surface area contributed by atoms with Crippen LogP contribution in [0.1, 0.15) is 11.1 Å². The van der Waals surface area contributed by atoms with E-state index in [0.717, 1.165) is 5.56 Å². The Labute approximate surface area is 140 Å². The molecule has 118 valence electrons. The van der Waals surface area contributed by atoms with E-state index in [2.05, 4.69) is 6.07 Å². The molecule has 0 saturated carbocycles. The summed E-state index contributed by atoms with van der Waals surface area (Å²) in [5.74, 6) is 1.81. The van der Waals surface area contributed by atoms with Gasteiger partial charge in [0.2, 0.25) is 0 Å². The van der Waals surface area contributed by atoms with Gasteiger partial charge in [-0.25, -0.2) is 0 Å². The van der Waals surface area contributed by atoms with Gasteiger partial charge in [-0.2, -0.15) is 5.26 Å². The van der Waals surface area contributed by atoms with Crippen molar-refractivity contribution in [2.75, 3.05) is 21.3 Å². The molecule has 0 aliphatic heterocycles. The Bertz CT molecular complexity index is 778. The molecule has 0 N–H and O–H groups in total. The number of nitrogens with zero attached hydrogens (tertiary/aromatic N) is 1. The Balaban J connectivity index is 2.52. The summed E-state index contributed by atoms with van der Waals surface area (Å²) in [4.78, 5) is 0. The molecule has 0 amide bonds. The minimum atomic E-state index is 0.464. The minimum absolute atomic E-state index is 0.464. The van der Waals surface area contributed by atoms with Crippen LogP contribution in [0.25, 0.3) is 11.6 Å². The normalized spacial score (nSPS) is 10.8. The van der Waals surface area contributed by atoms with Crippen LogP contribution >= 0.6 is 11.6 Å². The van der Waals surface area contributed by atoms with Crippen molar-refractivity contribution in [2.45, 2.75) is 0 Å². The van der Waals surface area contributed by atoms with E-state index < -0.39 is 0 Å². The van der Waals surface area contributed by atoms with Crippen molar-refractivity contribution in [3.05, 3.63) is 52.5 Å². The number of benzene rings is 2. The Morgan fingerprint density at radius 1 is 0.957 bits per heavy atom. The van der Waals surface area contributed by atoms with Crippen LogP contribution in [0.4, 0.5) is 0 Å². The number of methoxy groups -OCH3 is 3. The van der Waals surface area contributed by atoms with Gasteiger partial charge in [-0.3, -0.25) is 0 Å². The van der Waals surface area contributed by atoms with Crippen LogP contribution in [0.5, 0.6) is 17.2 Å². The van der Waals surface area contributed by atoms with Crippen molar-refractivity contribution >= 4 is 23.3 Å². The lowest BCUT2D eigenvalue weighted by atomic mass is 10.0. The van der Waals surface area contributed by atoms with E-state index in [-0.39, 0.29) is 0 Å². The van der Waals surface area contributed by atoms with Crippen molar-refractivity contribution in [2.24, 2.45) is 0 Å². The number of ether oxygens (including phenoxy) is 3. The van der Waals surface area contributed by atoms with Crippen molar-refractivity contribution in [3.63, 3.8) is 0 Å². The molecule has 0 aromatic heterocycles. The van der Waals surface area contributed by atoms with Crippen LogP contribution in [0.2, 0.25) is 5.02 Å². The Morgan fingerprint density at radius 3 is 2.22 bits per heavy atom. The van der Waals surface area contributed by atoms with E-state index in [0.29, 0.717) is 33.4 Å². The van der Waals surface area contributed by atoms with Gasteiger partial charge in [-0.15, -0.1) is 0 Å². The molecule has 0 heterocycles. The maximum Gasteiger partial charge on any atom is 0.161 e. The standard InChI is InChI=1S/C18H16ClNO3/c1-21-16-7-5-15(19)9-13(16)8-14(11-20)12-4-6-17(22-2)18(10-12)23-3/h4-10H,1-3H3/b14-8+. The van der Waals surface area contributed by atoms with Crippen molar-refractivity contribution in [3.8, 4) is 23.3 Å². The summed E-state index contributed by atoms with van der Waals surface area (Å²) in [7, 11) is 4.69. The summed E-state index contributed by atoms with van der Waals surface area (Å²) < 4.78 is 15.8. The smallest absolute Gasteiger partial charge is 0.161 e. The molecule has 0 radical (unpaired) electrons. The second kappa shape index (κ2) is 7.57. The first-order chi connectivity index (χ1) is 11.1. The summed E-state index contributed by atoms with van der Waals surface area (Å²) >= 11 is 6.03. The third kappa shape index (κ3) is 3.77. The highest BCUT2D eigenvalue weighted by Gasteiger charge is 2.10. The lowest BCUT2D eigenvalue weighted by Gasteiger charge is -2.10. The van der Waals surface area contributed by atoms with Crippen molar-refractivity contribution in [1.29, 1.82) is 5.26 Å². The zero-order chi connectivity index (χ0) is 16.8. The third-order valence-electron chi connectivity index (χ3n) is 3.31. The summed E-state index contributed by atoms with van der Waals surface area (Å²) in [5, 5.41) is 10.1. The molecule has 2 rings (SSSR count). The summed E-state index contributed by atoms with van der Waals surface area (Å²) in [6.45, 7) is 0. The Morgan fingerprint density at radius 2 is 1.61 bits per heavy atom. The predicted octanol–water partition coefficient (Wildman–Crippen LogP) is 4.43. The quantitative estimate of drug-likeness (QED) is 0.601. The van der Waals surface area contributed by atoms with Crippen LogP contribution < -0.4 is 14.2 Å². The van der Waals surface area contributed by atoms with E-state index in [9.17, 15) is 5.26 Å². The van der Waals surface area contributed by atoms with E-state index in [1.165, 1.54) is 0 Å². The summed E-state index contributed by atoms with van der Waals surface area (Å²) in [6.07, 6.45) is 1.73. The molecule has 0 atom stereocenters. The van der Waals surface area contributed by atoms with Gasteiger partial charge in [0.05, 0.1) is 33.0 Å². The van der Waals surface area contributed by atoms with Crippen molar-refractivity contribution in [1.82, 2.24) is 0 Å². The zero-order valence-electron chi connectivity index (χ0n) is 13.1. The Kier molecular flexibility index (Phi) is 5.51. The molecule has 2 aromatic carbocycles. The second-order valence-electron chi connectivity index (χ2n) is 4.63. The number of halogens is 1. The fourth-order valence-electron chi connectivity index (χ4n) is 2.16. The van der Waals surface area contributed by atoms with Crippen LogP contribution in [0.3, 0.4) is 0 Å². The maximum absolute atomic E-state index is 9.50. The Hall–Kier alpha value is -2.64. The monoisotopic (exact) mass is 329 g/mol. The molecule has 0 aliphatic carbocycles. The van der Waals surface area contributed by atoms with Crippen LogP contribution in [0, 0.1) is 11.3 Å². The molecular formula is C18H16ClNO3. The third-order valence-corrected chi connectivity index (χ3v) is 3.54. The van der Waals surface area contributed by atoms with Gasteiger partial charge < -0.3 is 14.2 Å². The lowest BCUT2D eigenvalue weighted by Crippen LogP contribution is -1.92. The van der Waals surface area contributed by atoms with E-state index in [1.54, 1.807) is 63.8 Å². The first-order valence-corrected chi connectivity index (χ1v) is 7.18. The minimum Gasteiger partial charge on any atom is -0.496 e. The summed E-state index contributed by atoms with van der Waals surface area (Å²) in [5.41, 5.74) is 1.91. The first-order valence-electron chi connectivity index (χ1n) is 6.80. The molecule has 0 fully saturated rings. The number of rotatable bonds is 5. The fraction of sp³-hybridized carbons (Fsp3) is 0.167. The molecule has 5 heteroatoms. The van der Waals surface area contributed by atoms with Gasteiger partial charge >= 0.3 is 0 Å². The molecule has 0 spiro atoms. The number of hydrogen-bond donors (Lipinski definition) is 0. The fourth-order valence-corrected chi connectivity index (χ4v) is 2.34. The predicted molar refractivity (Wildman–Crippen MR) is 91.0 cm³/mol. The van der Waals surface area contributed by atoms with Crippen LogP contribution in [-0.4, -0.2) is 21.3 Å². The first kappa shape index (κ1) is 16.7.